The van der Waals surface area contributed by atoms with E-state index in [1.54, 1.807) is 12.1 Å². The Morgan fingerprint density at radius 1 is 1.39 bits per heavy atom. The van der Waals surface area contributed by atoms with E-state index in [-0.39, 0.29) is 12.5 Å². The molecule has 23 heavy (non-hydrogen) atoms. The van der Waals surface area contributed by atoms with Crippen molar-refractivity contribution < 1.29 is 19.4 Å². The SMILES string of the molecule is O=C(O)Cn1ccc(NC(=O)/C=C/c2ccc3c(c2)CCO3)n1. The lowest BCUT2D eigenvalue weighted by atomic mass is 10.1. The Morgan fingerprint density at radius 2 is 2.26 bits per heavy atom. The maximum atomic E-state index is 11.9. The van der Waals surface area contributed by atoms with Gasteiger partial charge in [0.25, 0.3) is 0 Å². The van der Waals surface area contributed by atoms with E-state index in [1.807, 2.05) is 18.2 Å². The molecule has 7 nitrogen and oxygen atoms in total. The molecule has 1 aromatic heterocycles. The monoisotopic (exact) mass is 313 g/mol. The summed E-state index contributed by atoms with van der Waals surface area (Å²) in [5.74, 6) is -0.118. The van der Waals surface area contributed by atoms with Gasteiger partial charge in [0.2, 0.25) is 5.91 Å². The lowest BCUT2D eigenvalue weighted by Gasteiger charge is -2.00. The number of benzene rings is 1. The highest BCUT2D eigenvalue weighted by Gasteiger charge is 2.11. The first-order chi connectivity index (χ1) is 11.1. The second-order valence-corrected chi connectivity index (χ2v) is 5.08. The smallest absolute Gasteiger partial charge is 0.325 e. The summed E-state index contributed by atoms with van der Waals surface area (Å²) >= 11 is 0. The third kappa shape index (κ3) is 3.76. The van der Waals surface area contributed by atoms with Crippen LogP contribution in [0.3, 0.4) is 0 Å². The Kier molecular flexibility index (Phi) is 4.09. The van der Waals surface area contributed by atoms with Gasteiger partial charge in [0, 0.05) is 24.8 Å². The summed E-state index contributed by atoms with van der Waals surface area (Å²) < 4.78 is 6.67. The molecule has 0 atom stereocenters. The molecule has 0 radical (unpaired) electrons. The number of hydrogen-bond acceptors (Lipinski definition) is 4. The van der Waals surface area contributed by atoms with E-state index in [1.165, 1.54) is 17.0 Å². The molecule has 1 aliphatic heterocycles. The van der Waals surface area contributed by atoms with Gasteiger partial charge in [0.15, 0.2) is 5.82 Å². The first kappa shape index (κ1) is 14.8. The molecule has 0 saturated heterocycles. The molecule has 0 fully saturated rings. The van der Waals surface area contributed by atoms with Crippen LogP contribution >= 0.6 is 0 Å². The first-order valence-electron chi connectivity index (χ1n) is 7.10. The average molecular weight is 313 g/mol. The fourth-order valence-corrected chi connectivity index (χ4v) is 2.30. The van der Waals surface area contributed by atoms with Gasteiger partial charge in [-0.3, -0.25) is 14.3 Å². The molecule has 2 N–H and O–H groups in total. The zero-order valence-electron chi connectivity index (χ0n) is 12.2. The zero-order chi connectivity index (χ0) is 16.2. The topological polar surface area (TPSA) is 93.5 Å². The maximum absolute atomic E-state index is 11.9. The fraction of sp³-hybridized carbons (Fsp3) is 0.188. The third-order valence-electron chi connectivity index (χ3n) is 3.33. The highest BCUT2D eigenvalue weighted by Crippen LogP contribution is 2.26. The average Bonchev–Trinajstić information content (AvgIpc) is 3.13. The fourth-order valence-electron chi connectivity index (χ4n) is 2.30. The summed E-state index contributed by atoms with van der Waals surface area (Å²) in [5, 5.41) is 15.2. The Morgan fingerprint density at radius 3 is 3.09 bits per heavy atom. The molecule has 7 heteroatoms. The Bertz CT molecular complexity index is 779. The number of carbonyl (C=O) groups is 2. The number of aliphatic carboxylic acids is 1. The number of ether oxygens (including phenoxy) is 1. The molecule has 3 rings (SSSR count). The molecule has 1 aromatic carbocycles. The molecular weight excluding hydrogens is 298 g/mol. The van der Waals surface area contributed by atoms with E-state index in [0.29, 0.717) is 12.4 Å². The minimum absolute atomic E-state index is 0.247. The van der Waals surface area contributed by atoms with Crippen molar-refractivity contribution in [2.24, 2.45) is 0 Å². The lowest BCUT2D eigenvalue weighted by molar-refractivity contribution is -0.137. The number of fused-ring (bicyclic) bond motifs is 1. The van der Waals surface area contributed by atoms with Crippen LogP contribution in [-0.2, 0) is 22.6 Å². The molecule has 0 unspecified atom stereocenters. The second kappa shape index (κ2) is 6.35. The summed E-state index contributed by atoms with van der Waals surface area (Å²) in [6.45, 7) is 0.449. The van der Waals surface area contributed by atoms with Gasteiger partial charge in [-0.2, -0.15) is 5.10 Å². The van der Waals surface area contributed by atoms with Crippen molar-refractivity contribution in [2.45, 2.75) is 13.0 Å². The van der Waals surface area contributed by atoms with Crippen LogP contribution in [0.5, 0.6) is 5.75 Å². The quantitative estimate of drug-likeness (QED) is 0.817. The van der Waals surface area contributed by atoms with Gasteiger partial charge in [-0.25, -0.2) is 0 Å². The minimum Gasteiger partial charge on any atom is -0.493 e. The van der Waals surface area contributed by atoms with Crippen molar-refractivity contribution in [1.82, 2.24) is 9.78 Å². The predicted molar refractivity (Wildman–Crippen MR) is 83.2 cm³/mol. The molecule has 1 amide bonds. The molecule has 0 spiro atoms. The van der Waals surface area contributed by atoms with E-state index in [0.717, 1.165) is 23.3 Å². The van der Waals surface area contributed by atoms with Gasteiger partial charge in [0.05, 0.1) is 6.61 Å². The molecule has 2 heterocycles. The standard InChI is InChI=1S/C16H15N3O4/c20-15(17-14-5-7-19(18-14)10-16(21)22)4-2-11-1-3-13-12(9-11)6-8-23-13/h1-5,7,9H,6,8,10H2,(H,21,22)(H,17,18,20)/b4-2+. The number of aromatic nitrogens is 2. The van der Waals surface area contributed by atoms with Crippen LogP contribution in [0.2, 0.25) is 0 Å². The van der Waals surface area contributed by atoms with Crippen LogP contribution in [0.4, 0.5) is 5.82 Å². The highest BCUT2D eigenvalue weighted by molar-refractivity contribution is 6.01. The van der Waals surface area contributed by atoms with Crippen LogP contribution < -0.4 is 10.1 Å². The summed E-state index contributed by atoms with van der Waals surface area (Å²) in [6, 6.07) is 7.32. The number of nitrogens with zero attached hydrogens (tertiary/aromatic N) is 2. The molecule has 0 saturated carbocycles. The third-order valence-corrected chi connectivity index (χ3v) is 3.33. The van der Waals surface area contributed by atoms with Crippen molar-refractivity contribution in [1.29, 1.82) is 0 Å². The summed E-state index contributed by atoms with van der Waals surface area (Å²) in [5.41, 5.74) is 2.06. The van der Waals surface area contributed by atoms with Gasteiger partial charge < -0.3 is 15.2 Å². The van der Waals surface area contributed by atoms with Crippen LogP contribution in [-0.4, -0.2) is 33.4 Å². The van der Waals surface area contributed by atoms with Crippen LogP contribution in [0.15, 0.2) is 36.5 Å². The number of nitrogens with one attached hydrogen (secondary N) is 1. The van der Waals surface area contributed by atoms with E-state index in [9.17, 15) is 9.59 Å². The number of amides is 1. The van der Waals surface area contributed by atoms with Crippen LogP contribution in [0.25, 0.3) is 6.08 Å². The second-order valence-electron chi connectivity index (χ2n) is 5.08. The predicted octanol–water partition coefficient (Wildman–Crippen LogP) is 1.55. The molecule has 1 aliphatic rings. The Balaban J connectivity index is 1.60. The highest BCUT2D eigenvalue weighted by atomic mass is 16.5. The van der Waals surface area contributed by atoms with E-state index >= 15 is 0 Å². The molecule has 118 valence electrons. The number of rotatable bonds is 5. The van der Waals surface area contributed by atoms with Gasteiger partial charge in [-0.1, -0.05) is 6.07 Å². The molecule has 2 aromatic rings. The number of carboxylic acids is 1. The Hall–Kier alpha value is -3.09. The van der Waals surface area contributed by atoms with Gasteiger partial charge >= 0.3 is 5.97 Å². The van der Waals surface area contributed by atoms with Gasteiger partial charge in [-0.05, 0) is 29.3 Å². The number of carboxylic acid groups (broad SMARTS) is 1. The van der Waals surface area contributed by atoms with Crippen molar-refractivity contribution in [3.63, 3.8) is 0 Å². The first-order valence-corrected chi connectivity index (χ1v) is 7.10. The van der Waals surface area contributed by atoms with Crippen molar-refractivity contribution in [3.8, 4) is 5.75 Å². The largest absolute Gasteiger partial charge is 0.493 e. The summed E-state index contributed by atoms with van der Waals surface area (Å²) in [7, 11) is 0. The molecule has 0 aliphatic carbocycles. The van der Waals surface area contributed by atoms with Crippen LogP contribution in [0, 0.1) is 0 Å². The minimum atomic E-state index is -0.994. The van der Waals surface area contributed by atoms with E-state index in [4.69, 9.17) is 9.84 Å². The van der Waals surface area contributed by atoms with Crippen molar-refractivity contribution >= 4 is 23.8 Å². The number of carbonyl (C=O) groups excluding carboxylic acids is 1. The summed E-state index contributed by atoms with van der Waals surface area (Å²) in [4.78, 5) is 22.4. The molecular formula is C16H15N3O4. The van der Waals surface area contributed by atoms with E-state index in [2.05, 4.69) is 10.4 Å². The maximum Gasteiger partial charge on any atom is 0.325 e. The summed E-state index contributed by atoms with van der Waals surface area (Å²) in [6.07, 6.45) is 5.49. The van der Waals surface area contributed by atoms with Gasteiger partial charge in [-0.15, -0.1) is 0 Å². The normalized spacial score (nSPS) is 12.9. The van der Waals surface area contributed by atoms with E-state index < -0.39 is 5.97 Å². The number of anilines is 1. The lowest BCUT2D eigenvalue weighted by Crippen LogP contribution is -2.11. The number of hydrogen-bond donors (Lipinski definition) is 2. The van der Waals surface area contributed by atoms with Crippen molar-refractivity contribution in [2.75, 3.05) is 11.9 Å². The Labute approximate surface area is 132 Å². The van der Waals surface area contributed by atoms with Gasteiger partial charge in [0.1, 0.15) is 12.3 Å². The van der Waals surface area contributed by atoms with Crippen LogP contribution in [0.1, 0.15) is 11.1 Å². The zero-order valence-corrected chi connectivity index (χ0v) is 12.2. The molecule has 0 bridgehead atoms. The van der Waals surface area contributed by atoms with Crippen molar-refractivity contribution in [3.05, 3.63) is 47.7 Å².